The highest BCUT2D eigenvalue weighted by Crippen LogP contribution is 2.31. The standard InChI is InChI=1S/C27H37NOS/c1-3-5-7-8-9-10-12-13-22-15-17-23(18-16-22)26-21-25(28-29-26)27-20-19-24(30-27)14-11-6-4-2/h15-21H,3-14H2,1-2H3. The summed E-state index contributed by atoms with van der Waals surface area (Å²) < 4.78 is 5.65. The number of hydrogen-bond acceptors (Lipinski definition) is 3. The van der Waals surface area contributed by atoms with E-state index in [-0.39, 0.29) is 0 Å². The van der Waals surface area contributed by atoms with Crippen LogP contribution in [0.15, 0.2) is 47.0 Å². The van der Waals surface area contributed by atoms with Crippen LogP contribution in [-0.2, 0) is 12.8 Å². The number of nitrogens with zero attached hydrogens (tertiary/aromatic N) is 1. The Bertz CT molecular complexity index is 846. The van der Waals surface area contributed by atoms with Crippen molar-refractivity contribution in [2.45, 2.75) is 90.9 Å². The third-order valence-electron chi connectivity index (χ3n) is 5.76. The fourth-order valence-electron chi connectivity index (χ4n) is 3.85. The number of unbranched alkanes of at least 4 members (excludes halogenated alkanes) is 8. The molecule has 0 saturated carbocycles. The molecule has 0 spiro atoms. The predicted octanol–water partition coefficient (Wildman–Crippen LogP) is 9.10. The molecule has 0 aliphatic heterocycles. The molecular weight excluding hydrogens is 386 g/mol. The summed E-state index contributed by atoms with van der Waals surface area (Å²) in [4.78, 5) is 2.64. The van der Waals surface area contributed by atoms with Crippen LogP contribution in [0.25, 0.3) is 21.9 Å². The van der Waals surface area contributed by atoms with Gasteiger partial charge in [0.05, 0.1) is 4.88 Å². The second-order valence-electron chi connectivity index (χ2n) is 8.37. The van der Waals surface area contributed by atoms with Crippen molar-refractivity contribution in [3.8, 4) is 21.9 Å². The lowest BCUT2D eigenvalue weighted by Crippen LogP contribution is -1.86. The van der Waals surface area contributed by atoms with Gasteiger partial charge in [-0.3, -0.25) is 0 Å². The smallest absolute Gasteiger partial charge is 0.167 e. The van der Waals surface area contributed by atoms with Crippen LogP contribution >= 0.6 is 11.3 Å². The van der Waals surface area contributed by atoms with Gasteiger partial charge < -0.3 is 4.52 Å². The molecule has 0 atom stereocenters. The molecule has 2 aromatic heterocycles. The topological polar surface area (TPSA) is 26.0 Å². The Morgan fingerprint density at radius 3 is 2.17 bits per heavy atom. The molecular formula is C27H37NOS. The van der Waals surface area contributed by atoms with Gasteiger partial charge in [-0.05, 0) is 43.4 Å². The lowest BCUT2D eigenvalue weighted by molar-refractivity contribution is 0.435. The van der Waals surface area contributed by atoms with Crippen LogP contribution in [-0.4, -0.2) is 5.16 Å². The maximum atomic E-state index is 5.65. The lowest BCUT2D eigenvalue weighted by atomic mass is 10.0. The minimum Gasteiger partial charge on any atom is -0.356 e. The van der Waals surface area contributed by atoms with Crippen LogP contribution in [0.5, 0.6) is 0 Å². The van der Waals surface area contributed by atoms with Crippen molar-refractivity contribution in [1.82, 2.24) is 5.16 Å². The zero-order valence-corrected chi connectivity index (χ0v) is 19.6. The van der Waals surface area contributed by atoms with Crippen molar-refractivity contribution in [2.24, 2.45) is 0 Å². The van der Waals surface area contributed by atoms with Gasteiger partial charge >= 0.3 is 0 Å². The molecule has 3 aromatic rings. The van der Waals surface area contributed by atoms with Crippen LogP contribution in [0.1, 0.15) is 88.5 Å². The van der Waals surface area contributed by atoms with Gasteiger partial charge in [0.1, 0.15) is 5.69 Å². The molecule has 162 valence electrons. The van der Waals surface area contributed by atoms with Gasteiger partial charge in [0.2, 0.25) is 0 Å². The van der Waals surface area contributed by atoms with Gasteiger partial charge in [-0.15, -0.1) is 11.3 Å². The zero-order chi connectivity index (χ0) is 21.0. The molecule has 2 heterocycles. The molecule has 0 fully saturated rings. The molecule has 0 aliphatic carbocycles. The van der Waals surface area contributed by atoms with Crippen molar-refractivity contribution in [3.05, 3.63) is 52.9 Å². The van der Waals surface area contributed by atoms with Crippen molar-refractivity contribution in [2.75, 3.05) is 0 Å². The Morgan fingerprint density at radius 1 is 0.733 bits per heavy atom. The summed E-state index contributed by atoms with van der Waals surface area (Å²) in [6.07, 6.45) is 15.7. The number of rotatable bonds is 14. The number of aromatic nitrogens is 1. The van der Waals surface area contributed by atoms with E-state index < -0.39 is 0 Å². The normalized spacial score (nSPS) is 11.3. The lowest BCUT2D eigenvalue weighted by Gasteiger charge is -2.03. The summed E-state index contributed by atoms with van der Waals surface area (Å²) >= 11 is 1.84. The molecule has 30 heavy (non-hydrogen) atoms. The predicted molar refractivity (Wildman–Crippen MR) is 130 cm³/mol. The molecule has 3 heteroatoms. The zero-order valence-electron chi connectivity index (χ0n) is 18.8. The van der Waals surface area contributed by atoms with E-state index in [2.05, 4.69) is 61.5 Å². The quantitative estimate of drug-likeness (QED) is 0.242. The van der Waals surface area contributed by atoms with Gasteiger partial charge in [0.15, 0.2) is 5.76 Å². The third kappa shape index (κ3) is 7.12. The molecule has 0 saturated heterocycles. The summed E-state index contributed by atoms with van der Waals surface area (Å²) in [5, 5.41) is 4.32. The first-order valence-electron chi connectivity index (χ1n) is 11.9. The number of aryl methyl sites for hydroxylation is 2. The second kappa shape index (κ2) is 12.7. The molecule has 2 nitrogen and oxygen atoms in total. The summed E-state index contributed by atoms with van der Waals surface area (Å²) in [6.45, 7) is 4.52. The average molecular weight is 424 g/mol. The van der Waals surface area contributed by atoms with E-state index >= 15 is 0 Å². The first-order valence-corrected chi connectivity index (χ1v) is 12.8. The van der Waals surface area contributed by atoms with Gasteiger partial charge in [0.25, 0.3) is 0 Å². The largest absolute Gasteiger partial charge is 0.356 e. The fourth-order valence-corrected chi connectivity index (χ4v) is 4.85. The van der Waals surface area contributed by atoms with Crippen molar-refractivity contribution >= 4 is 11.3 Å². The average Bonchev–Trinajstić information content (AvgIpc) is 3.44. The highest BCUT2D eigenvalue weighted by Gasteiger charge is 2.11. The molecule has 3 rings (SSSR count). The van der Waals surface area contributed by atoms with Crippen LogP contribution < -0.4 is 0 Å². The van der Waals surface area contributed by atoms with Crippen LogP contribution in [0, 0.1) is 0 Å². The van der Waals surface area contributed by atoms with Gasteiger partial charge in [-0.2, -0.15) is 0 Å². The number of thiophene rings is 1. The maximum Gasteiger partial charge on any atom is 0.167 e. The second-order valence-corrected chi connectivity index (χ2v) is 9.54. The molecule has 0 N–H and O–H groups in total. The summed E-state index contributed by atoms with van der Waals surface area (Å²) in [6, 6.07) is 15.3. The summed E-state index contributed by atoms with van der Waals surface area (Å²) in [7, 11) is 0. The number of benzene rings is 1. The van der Waals surface area contributed by atoms with E-state index in [4.69, 9.17) is 4.52 Å². The van der Waals surface area contributed by atoms with E-state index in [1.54, 1.807) is 0 Å². The summed E-state index contributed by atoms with van der Waals surface area (Å²) in [5.74, 6) is 0.855. The van der Waals surface area contributed by atoms with Crippen molar-refractivity contribution < 1.29 is 4.52 Å². The van der Waals surface area contributed by atoms with E-state index in [0.717, 1.165) is 17.0 Å². The van der Waals surface area contributed by atoms with Gasteiger partial charge in [0, 0.05) is 16.5 Å². The first-order chi connectivity index (χ1) is 14.8. The van der Waals surface area contributed by atoms with Gasteiger partial charge in [-0.1, -0.05) is 94.6 Å². The van der Waals surface area contributed by atoms with Gasteiger partial charge in [-0.25, -0.2) is 0 Å². The SMILES string of the molecule is CCCCCCCCCc1ccc(-c2cc(-c3ccc(CCCCC)s3)no2)cc1. The van der Waals surface area contributed by atoms with E-state index in [1.165, 1.54) is 92.4 Å². The fraction of sp³-hybridized carbons (Fsp3) is 0.519. The van der Waals surface area contributed by atoms with Crippen molar-refractivity contribution in [1.29, 1.82) is 0 Å². The first kappa shape index (κ1) is 22.8. The molecule has 0 radical (unpaired) electrons. The molecule has 0 unspecified atom stereocenters. The Kier molecular flexibility index (Phi) is 9.69. The molecule has 0 amide bonds. The van der Waals surface area contributed by atoms with Crippen LogP contribution in [0.4, 0.5) is 0 Å². The number of hydrogen-bond donors (Lipinski definition) is 0. The summed E-state index contributed by atoms with van der Waals surface area (Å²) in [5.41, 5.74) is 3.47. The Morgan fingerprint density at radius 2 is 1.40 bits per heavy atom. The Balaban J connectivity index is 1.48. The molecule has 1 aromatic carbocycles. The van der Waals surface area contributed by atoms with E-state index in [0.29, 0.717) is 0 Å². The Labute approximate surface area is 186 Å². The Hall–Kier alpha value is -1.87. The maximum absolute atomic E-state index is 5.65. The van der Waals surface area contributed by atoms with Crippen LogP contribution in [0.2, 0.25) is 0 Å². The van der Waals surface area contributed by atoms with E-state index in [9.17, 15) is 0 Å². The molecule has 0 aliphatic rings. The van der Waals surface area contributed by atoms with Crippen LogP contribution in [0.3, 0.4) is 0 Å². The highest BCUT2D eigenvalue weighted by molar-refractivity contribution is 7.15. The van der Waals surface area contributed by atoms with E-state index in [1.807, 2.05) is 11.3 Å². The molecule has 0 bridgehead atoms. The third-order valence-corrected chi connectivity index (χ3v) is 6.93. The monoisotopic (exact) mass is 423 g/mol. The minimum absolute atomic E-state index is 0.855. The highest BCUT2D eigenvalue weighted by atomic mass is 32.1. The minimum atomic E-state index is 0.855. The van der Waals surface area contributed by atoms with Crippen molar-refractivity contribution in [3.63, 3.8) is 0 Å².